The monoisotopic (exact) mass is 534 g/mol. The van der Waals surface area contributed by atoms with Gasteiger partial charge in [0.1, 0.15) is 5.56 Å². The number of carbonyl (C=O) groups is 1. The summed E-state index contributed by atoms with van der Waals surface area (Å²) in [5, 5.41) is 17.9. The van der Waals surface area contributed by atoms with Crippen LogP contribution in [0, 0.1) is 0 Å². The van der Waals surface area contributed by atoms with Crippen LogP contribution in [0.3, 0.4) is 0 Å². The van der Waals surface area contributed by atoms with E-state index < -0.39 is 11.2 Å². The molecule has 1 amide bonds. The summed E-state index contributed by atoms with van der Waals surface area (Å²) in [5.41, 5.74) is 0.556. The van der Waals surface area contributed by atoms with E-state index in [9.17, 15) is 19.5 Å². The summed E-state index contributed by atoms with van der Waals surface area (Å²) in [6.45, 7) is 2.10. The van der Waals surface area contributed by atoms with E-state index in [1.807, 2.05) is 30.3 Å². The normalized spacial score (nSPS) is 20.8. The largest absolute Gasteiger partial charge is 0.494 e. The van der Waals surface area contributed by atoms with Crippen LogP contribution in [0.2, 0.25) is 0 Å². The number of hydrazone groups is 1. The maximum atomic E-state index is 14.1. The van der Waals surface area contributed by atoms with Gasteiger partial charge in [0.05, 0.1) is 11.8 Å². The summed E-state index contributed by atoms with van der Waals surface area (Å²) in [6.07, 6.45) is 12.8. The molecule has 1 aliphatic heterocycles. The van der Waals surface area contributed by atoms with Crippen LogP contribution in [-0.4, -0.2) is 30.9 Å². The fourth-order valence-corrected chi connectivity index (χ4v) is 6.68. The topological polar surface area (TPSA) is 96.9 Å². The summed E-state index contributed by atoms with van der Waals surface area (Å²) < 4.78 is 2.89. The third-order valence-corrected chi connectivity index (χ3v) is 8.81. The molecule has 1 aromatic carbocycles. The Hall–Kier alpha value is -3.16. The Bertz CT molecular complexity index is 1300. The van der Waals surface area contributed by atoms with Crippen molar-refractivity contribution < 1.29 is 9.90 Å². The van der Waals surface area contributed by atoms with Crippen molar-refractivity contribution in [3.63, 3.8) is 0 Å². The van der Waals surface area contributed by atoms with Crippen LogP contribution in [0.15, 0.2) is 45.0 Å². The highest BCUT2D eigenvalue weighted by molar-refractivity contribution is 6.04. The minimum atomic E-state index is -0.470. The molecule has 39 heavy (non-hydrogen) atoms. The van der Waals surface area contributed by atoms with Crippen LogP contribution in [0.5, 0.6) is 5.88 Å². The van der Waals surface area contributed by atoms with Gasteiger partial charge in [-0.2, -0.15) is 5.10 Å². The molecule has 210 valence electrons. The number of carbonyl (C=O) groups excluding carboxylic acids is 1. The molecule has 1 aromatic heterocycles. The maximum Gasteiger partial charge on any atom is 0.334 e. The highest BCUT2D eigenvalue weighted by Gasteiger charge is 2.37. The van der Waals surface area contributed by atoms with Gasteiger partial charge in [0.25, 0.3) is 5.56 Å². The number of hydrogen-bond donors (Lipinski definition) is 1. The molecule has 0 radical (unpaired) electrons. The van der Waals surface area contributed by atoms with E-state index >= 15 is 0 Å². The van der Waals surface area contributed by atoms with E-state index in [0.717, 1.165) is 89.0 Å². The van der Waals surface area contributed by atoms with Crippen molar-refractivity contribution in [3.05, 3.63) is 62.3 Å². The van der Waals surface area contributed by atoms with E-state index in [0.29, 0.717) is 18.6 Å². The van der Waals surface area contributed by atoms with Crippen LogP contribution < -0.4 is 11.2 Å². The van der Waals surface area contributed by atoms with Gasteiger partial charge in [0.15, 0.2) is 0 Å². The molecular weight excluding hydrogens is 492 g/mol. The molecule has 0 bridgehead atoms. The molecule has 0 saturated heterocycles. The zero-order valence-corrected chi connectivity index (χ0v) is 23.2. The zero-order valence-electron chi connectivity index (χ0n) is 23.2. The molecule has 2 aliphatic carbocycles. The lowest BCUT2D eigenvalue weighted by atomic mass is 9.93. The summed E-state index contributed by atoms with van der Waals surface area (Å²) in [4.78, 5) is 41.3. The predicted molar refractivity (Wildman–Crippen MR) is 152 cm³/mol. The first-order valence-electron chi connectivity index (χ1n) is 15.1. The summed E-state index contributed by atoms with van der Waals surface area (Å²) in [5.74, 6) is -0.366. The van der Waals surface area contributed by atoms with Crippen LogP contribution in [0.4, 0.5) is 0 Å². The molecule has 5 rings (SSSR count). The average Bonchev–Trinajstić information content (AvgIpc) is 3.40. The lowest BCUT2D eigenvalue weighted by Crippen LogP contribution is -2.46. The first-order chi connectivity index (χ1) is 19.0. The number of hydrogen-bond acceptors (Lipinski definition) is 5. The van der Waals surface area contributed by atoms with E-state index in [1.165, 1.54) is 14.1 Å². The highest BCUT2D eigenvalue weighted by atomic mass is 16.3. The van der Waals surface area contributed by atoms with E-state index in [2.05, 4.69) is 6.92 Å². The molecule has 8 heteroatoms. The Labute approximate surface area is 230 Å². The lowest BCUT2D eigenvalue weighted by Gasteiger charge is -2.29. The number of amides is 1. The lowest BCUT2D eigenvalue weighted by molar-refractivity contribution is -0.133. The van der Waals surface area contributed by atoms with Crippen molar-refractivity contribution >= 4 is 11.6 Å². The molecule has 0 spiro atoms. The molecule has 3 aliphatic rings. The standard InChI is InChI=1S/C31H42N4O4/c1-2-3-7-20-27(36)35-26(22-14-8-4-9-15-22)21-25(32-35)28-29(37)33(23-16-10-5-11-17-23)31(39)34(30(28)38)24-18-12-6-13-19-24/h4,8-9,14-15,23-24,26,37H,2-3,5-7,10-13,16-21H2,1H3. The van der Waals surface area contributed by atoms with Crippen molar-refractivity contribution in [3.8, 4) is 5.88 Å². The van der Waals surface area contributed by atoms with Crippen LogP contribution in [-0.2, 0) is 4.79 Å². The van der Waals surface area contributed by atoms with Gasteiger partial charge in [-0.05, 0) is 37.7 Å². The van der Waals surface area contributed by atoms with Gasteiger partial charge in [-0.15, -0.1) is 0 Å². The molecule has 2 saturated carbocycles. The number of aromatic nitrogens is 2. The Morgan fingerprint density at radius 2 is 1.51 bits per heavy atom. The van der Waals surface area contributed by atoms with Crippen molar-refractivity contribution in [2.24, 2.45) is 5.10 Å². The molecule has 2 fully saturated rings. The van der Waals surface area contributed by atoms with Crippen LogP contribution >= 0.6 is 0 Å². The minimum Gasteiger partial charge on any atom is -0.494 e. The van der Waals surface area contributed by atoms with Gasteiger partial charge in [0, 0.05) is 24.9 Å². The second-order valence-electron chi connectivity index (χ2n) is 11.5. The van der Waals surface area contributed by atoms with Crippen molar-refractivity contribution in [2.75, 3.05) is 0 Å². The SMILES string of the molecule is CCCCCC(=O)N1N=C(c2c(O)n(C3CCCCC3)c(=O)n(C3CCCCC3)c2=O)CC1c1ccccc1. The summed E-state index contributed by atoms with van der Waals surface area (Å²) in [6, 6.07) is 9.07. The van der Waals surface area contributed by atoms with Crippen molar-refractivity contribution in [1.82, 2.24) is 14.1 Å². The summed E-state index contributed by atoms with van der Waals surface area (Å²) >= 11 is 0. The number of rotatable bonds is 8. The van der Waals surface area contributed by atoms with Gasteiger partial charge in [-0.1, -0.05) is 88.6 Å². The Morgan fingerprint density at radius 1 is 0.897 bits per heavy atom. The van der Waals surface area contributed by atoms with Crippen LogP contribution in [0.25, 0.3) is 0 Å². The molecule has 8 nitrogen and oxygen atoms in total. The fourth-order valence-electron chi connectivity index (χ4n) is 6.68. The van der Waals surface area contributed by atoms with Gasteiger partial charge >= 0.3 is 5.69 Å². The Kier molecular flexibility index (Phi) is 8.68. The highest BCUT2D eigenvalue weighted by Crippen LogP contribution is 2.37. The smallest absolute Gasteiger partial charge is 0.334 e. The quantitative estimate of drug-likeness (QED) is 0.421. The van der Waals surface area contributed by atoms with Gasteiger partial charge < -0.3 is 5.11 Å². The maximum absolute atomic E-state index is 14.1. The summed E-state index contributed by atoms with van der Waals surface area (Å²) in [7, 11) is 0. The second-order valence-corrected chi connectivity index (χ2v) is 11.5. The Morgan fingerprint density at radius 3 is 2.13 bits per heavy atom. The number of nitrogens with zero attached hydrogens (tertiary/aromatic N) is 4. The predicted octanol–water partition coefficient (Wildman–Crippen LogP) is 5.98. The van der Waals surface area contributed by atoms with E-state index in [-0.39, 0.29) is 35.5 Å². The first kappa shape index (κ1) is 27.4. The molecule has 1 atom stereocenters. The van der Waals surface area contributed by atoms with E-state index in [1.54, 1.807) is 0 Å². The van der Waals surface area contributed by atoms with E-state index in [4.69, 9.17) is 5.10 Å². The third kappa shape index (κ3) is 5.61. The third-order valence-electron chi connectivity index (χ3n) is 8.81. The number of unbranched alkanes of at least 4 members (excludes halogenated alkanes) is 2. The van der Waals surface area contributed by atoms with Gasteiger partial charge in [-0.25, -0.2) is 9.80 Å². The van der Waals surface area contributed by atoms with Gasteiger partial charge in [-0.3, -0.25) is 18.7 Å². The van der Waals surface area contributed by atoms with Gasteiger partial charge in [0.2, 0.25) is 11.8 Å². The molecular formula is C31H42N4O4. The fraction of sp³-hybridized carbons (Fsp3) is 0.613. The minimum absolute atomic E-state index is 0.0833. The molecule has 1 unspecified atom stereocenters. The number of aromatic hydroxyl groups is 1. The molecule has 2 heterocycles. The number of benzene rings is 1. The molecule has 2 aromatic rings. The van der Waals surface area contributed by atoms with Crippen molar-refractivity contribution in [2.45, 2.75) is 121 Å². The first-order valence-corrected chi connectivity index (χ1v) is 15.1. The Balaban J connectivity index is 1.62. The van der Waals surface area contributed by atoms with Crippen LogP contribution in [0.1, 0.15) is 132 Å². The molecule has 1 N–H and O–H groups in total. The van der Waals surface area contributed by atoms with Crippen molar-refractivity contribution in [1.29, 1.82) is 0 Å². The average molecular weight is 535 g/mol. The second kappa shape index (κ2) is 12.3. The zero-order chi connectivity index (χ0) is 27.4.